The Morgan fingerprint density at radius 1 is 1.04 bits per heavy atom. The molecule has 0 spiro atoms. The van der Waals surface area contributed by atoms with Gasteiger partial charge in [-0.1, -0.05) is 36.4 Å². The maximum atomic E-state index is 13.9. The molecule has 2 aliphatic rings. The lowest BCUT2D eigenvalue weighted by molar-refractivity contribution is -0.140. The second-order valence-electron chi connectivity index (χ2n) is 6.18. The van der Waals surface area contributed by atoms with Gasteiger partial charge in [-0.2, -0.15) is 17.6 Å². The Bertz CT molecular complexity index is 623. The van der Waals surface area contributed by atoms with Crippen LogP contribution in [0.4, 0.5) is 17.6 Å². The second kappa shape index (κ2) is 5.78. The molecule has 1 heterocycles. The molecule has 124 valence electrons. The number of allylic oxidation sites excluding steroid dienone is 4. The number of halogens is 4. The van der Waals surface area contributed by atoms with Gasteiger partial charge in [-0.15, -0.1) is 0 Å². The summed E-state index contributed by atoms with van der Waals surface area (Å²) in [6, 6.07) is 6.43. The molecule has 0 N–H and O–H groups in total. The van der Waals surface area contributed by atoms with Crippen LogP contribution in [-0.4, -0.2) is 24.6 Å². The first-order valence-electron chi connectivity index (χ1n) is 7.69. The molecule has 1 aromatic carbocycles. The third kappa shape index (κ3) is 2.94. The molecule has 1 saturated heterocycles. The van der Waals surface area contributed by atoms with E-state index in [4.69, 9.17) is 4.74 Å². The minimum absolute atomic E-state index is 0.118. The van der Waals surface area contributed by atoms with Gasteiger partial charge in [-0.25, -0.2) is 0 Å². The SMILES string of the molecule is CC1CCC(c2ccc(C3=CC=CC(F)(F)C3(F)F)cc2)CO1. The van der Waals surface area contributed by atoms with E-state index in [-0.39, 0.29) is 23.7 Å². The van der Waals surface area contributed by atoms with Crippen molar-refractivity contribution in [2.45, 2.75) is 43.6 Å². The van der Waals surface area contributed by atoms with Crippen LogP contribution in [0.5, 0.6) is 0 Å². The average Bonchev–Trinajstić information content (AvgIpc) is 2.51. The Balaban J connectivity index is 1.83. The van der Waals surface area contributed by atoms with Gasteiger partial charge in [-0.05, 0) is 37.0 Å². The van der Waals surface area contributed by atoms with Crippen LogP contribution < -0.4 is 0 Å². The van der Waals surface area contributed by atoms with Crippen LogP contribution in [0, 0.1) is 0 Å². The predicted octanol–water partition coefficient (Wildman–Crippen LogP) is 5.19. The zero-order chi connectivity index (χ0) is 16.7. The van der Waals surface area contributed by atoms with Crippen molar-refractivity contribution in [2.75, 3.05) is 6.61 Å². The van der Waals surface area contributed by atoms with Crippen LogP contribution in [0.2, 0.25) is 0 Å². The minimum Gasteiger partial charge on any atom is -0.378 e. The Morgan fingerprint density at radius 3 is 2.35 bits per heavy atom. The van der Waals surface area contributed by atoms with Crippen molar-refractivity contribution in [3.05, 3.63) is 53.6 Å². The first kappa shape index (κ1) is 16.2. The highest BCUT2D eigenvalue weighted by atomic mass is 19.3. The molecule has 1 nitrogen and oxygen atoms in total. The van der Waals surface area contributed by atoms with Gasteiger partial charge in [0.2, 0.25) is 0 Å². The molecular weight excluding hydrogens is 308 g/mol. The van der Waals surface area contributed by atoms with Crippen LogP contribution in [0.15, 0.2) is 42.5 Å². The van der Waals surface area contributed by atoms with Crippen molar-refractivity contribution in [2.24, 2.45) is 0 Å². The molecule has 0 aromatic heterocycles. The highest BCUT2D eigenvalue weighted by Crippen LogP contribution is 2.47. The zero-order valence-electron chi connectivity index (χ0n) is 12.7. The minimum atomic E-state index is -4.20. The average molecular weight is 326 g/mol. The number of benzene rings is 1. The summed E-state index contributed by atoms with van der Waals surface area (Å²) in [6.07, 6.45) is 4.44. The lowest BCUT2D eigenvalue weighted by Crippen LogP contribution is -2.41. The van der Waals surface area contributed by atoms with E-state index in [1.165, 1.54) is 12.1 Å². The fourth-order valence-corrected chi connectivity index (χ4v) is 3.01. The number of hydrogen-bond acceptors (Lipinski definition) is 1. The Morgan fingerprint density at radius 2 is 1.74 bits per heavy atom. The molecule has 5 heteroatoms. The molecular formula is C18H18F4O. The molecule has 23 heavy (non-hydrogen) atoms. The standard InChI is InChI=1S/C18H18F4O/c1-12-4-5-15(11-23-12)13-6-8-14(9-7-13)16-3-2-10-17(19,20)18(16,21)22/h2-3,6-10,12,15H,4-5,11H2,1H3. The smallest absolute Gasteiger partial charge is 0.339 e. The molecule has 0 radical (unpaired) electrons. The maximum absolute atomic E-state index is 13.9. The number of alkyl halides is 4. The number of ether oxygens (including phenoxy) is 1. The number of rotatable bonds is 2. The topological polar surface area (TPSA) is 9.23 Å². The van der Waals surface area contributed by atoms with Crippen LogP contribution in [0.25, 0.3) is 5.57 Å². The van der Waals surface area contributed by atoms with E-state index in [0.29, 0.717) is 6.61 Å². The predicted molar refractivity (Wildman–Crippen MR) is 80.8 cm³/mol. The van der Waals surface area contributed by atoms with Gasteiger partial charge in [0.25, 0.3) is 0 Å². The van der Waals surface area contributed by atoms with Crippen molar-refractivity contribution in [1.82, 2.24) is 0 Å². The third-order valence-corrected chi connectivity index (χ3v) is 4.52. The molecule has 2 unspecified atom stereocenters. The second-order valence-corrected chi connectivity index (χ2v) is 6.18. The lowest BCUT2D eigenvalue weighted by Gasteiger charge is -2.29. The van der Waals surface area contributed by atoms with E-state index < -0.39 is 17.4 Å². The summed E-state index contributed by atoms with van der Waals surface area (Å²) >= 11 is 0. The summed E-state index contributed by atoms with van der Waals surface area (Å²) in [5.41, 5.74) is 0.459. The Kier molecular flexibility index (Phi) is 4.08. The normalized spacial score (nSPS) is 29.2. The largest absolute Gasteiger partial charge is 0.378 e. The molecule has 0 saturated carbocycles. The summed E-state index contributed by atoms with van der Waals surface area (Å²) in [6.45, 7) is 2.62. The molecule has 3 rings (SSSR count). The molecule has 1 fully saturated rings. The summed E-state index contributed by atoms with van der Waals surface area (Å²) in [4.78, 5) is 0. The van der Waals surface area contributed by atoms with E-state index in [1.54, 1.807) is 12.1 Å². The van der Waals surface area contributed by atoms with Gasteiger partial charge >= 0.3 is 11.8 Å². The van der Waals surface area contributed by atoms with Gasteiger partial charge in [0.15, 0.2) is 0 Å². The van der Waals surface area contributed by atoms with Gasteiger partial charge in [-0.3, -0.25) is 0 Å². The van der Waals surface area contributed by atoms with Gasteiger partial charge in [0.1, 0.15) is 0 Å². The number of hydrogen-bond donors (Lipinski definition) is 0. The first-order chi connectivity index (χ1) is 10.8. The van der Waals surface area contributed by atoms with Crippen LogP contribution in [-0.2, 0) is 4.74 Å². The Hall–Kier alpha value is -1.62. The quantitative estimate of drug-likeness (QED) is 0.679. The van der Waals surface area contributed by atoms with Gasteiger partial charge < -0.3 is 4.74 Å². The highest BCUT2D eigenvalue weighted by Gasteiger charge is 2.58. The maximum Gasteiger partial charge on any atom is 0.339 e. The first-order valence-corrected chi connectivity index (χ1v) is 7.69. The molecule has 0 bridgehead atoms. The van der Waals surface area contributed by atoms with E-state index >= 15 is 0 Å². The third-order valence-electron chi connectivity index (χ3n) is 4.52. The summed E-state index contributed by atoms with van der Waals surface area (Å²) in [5, 5.41) is 0. The molecule has 1 aliphatic heterocycles. The summed E-state index contributed by atoms with van der Waals surface area (Å²) in [5.74, 6) is -8.14. The monoisotopic (exact) mass is 326 g/mol. The highest BCUT2D eigenvalue weighted by molar-refractivity contribution is 5.75. The van der Waals surface area contributed by atoms with Crippen LogP contribution >= 0.6 is 0 Å². The van der Waals surface area contributed by atoms with E-state index in [0.717, 1.165) is 30.6 Å². The van der Waals surface area contributed by atoms with E-state index in [2.05, 4.69) is 0 Å². The molecule has 0 amide bonds. The van der Waals surface area contributed by atoms with Crippen LogP contribution in [0.1, 0.15) is 36.8 Å². The van der Waals surface area contributed by atoms with Crippen molar-refractivity contribution in [1.29, 1.82) is 0 Å². The lowest BCUT2D eigenvalue weighted by atomic mass is 9.87. The van der Waals surface area contributed by atoms with Crippen molar-refractivity contribution < 1.29 is 22.3 Å². The molecule has 1 aromatic rings. The van der Waals surface area contributed by atoms with Crippen molar-refractivity contribution in [3.63, 3.8) is 0 Å². The fourth-order valence-electron chi connectivity index (χ4n) is 3.01. The van der Waals surface area contributed by atoms with Gasteiger partial charge in [0.05, 0.1) is 12.7 Å². The van der Waals surface area contributed by atoms with Crippen molar-refractivity contribution in [3.8, 4) is 0 Å². The fraction of sp³-hybridized carbons (Fsp3) is 0.444. The van der Waals surface area contributed by atoms with E-state index in [1.807, 2.05) is 6.92 Å². The Labute approximate surface area is 132 Å². The van der Waals surface area contributed by atoms with Crippen LogP contribution in [0.3, 0.4) is 0 Å². The zero-order valence-corrected chi connectivity index (χ0v) is 12.7. The van der Waals surface area contributed by atoms with Gasteiger partial charge in [0, 0.05) is 11.5 Å². The van der Waals surface area contributed by atoms with Crippen molar-refractivity contribution >= 4 is 5.57 Å². The molecule has 2 atom stereocenters. The van der Waals surface area contributed by atoms with E-state index in [9.17, 15) is 17.6 Å². The summed E-state index contributed by atoms with van der Waals surface area (Å²) in [7, 11) is 0. The summed E-state index contributed by atoms with van der Waals surface area (Å²) < 4.78 is 60.4. The molecule has 1 aliphatic carbocycles.